The lowest BCUT2D eigenvalue weighted by atomic mass is 9.63. The van der Waals surface area contributed by atoms with Crippen LogP contribution in [0.25, 0.3) is 10.9 Å². The van der Waals surface area contributed by atoms with Crippen molar-refractivity contribution < 1.29 is 9.53 Å². The van der Waals surface area contributed by atoms with Crippen LogP contribution in [-0.2, 0) is 16.0 Å². The molecule has 4 heteroatoms. The van der Waals surface area contributed by atoms with Crippen molar-refractivity contribution in [1.29, 1.82) is 0 Å². The van der Waals surface area contributed by atoms with Gasteiger partial charge in [-0.3, -0.25) is 9.69 Å². The molecule has 0 radical (unpaired) electrons. The molecule has 0 N–H and O–H groups in total. The Labute approximate surface area is 155 Å². The van der Waals surface area contributed by atoms with Gasteiger partial charge in [0.05, 0.1) is 12.1 Å². The van der Waals surface area contributed by atoms with Crippen LogP contribution in [0.1, 0.15) is 62.9 Å². The smallest absolute Gasteiger partial charge is 0.302 e. The summed E-state index contributed by atoms with van der Waals surface area (Å²) in [5.74, 6) is -0.173. The van der Waals surface area contributed by atoms with E-state index in [0.717, 1.165) is 12.8 Å². The van der Waals surface area contributed by atoms with Crippen molar-refractivity contribution in [1.82, 2.24) is 9.47 Å². The third-order valence-electron chi connectivity index (χ3n) is 7.22. The van der Waals surface area contributed by atoms with Crippen molar-refractivity contribution >= 4 is 16.9 Å². The lowest BCUT2D eigenvalue weighted by Gasteiger charge is -2.56. The molecule has 2 aromatic rings. The fourth-order valence-corrected chi connectivity index (χ4v) is 6.19. The second-order valence-corrected chi connectivity index (χ2v) is 8.42. The molecule has 0 unspecified atom stereocenters. The Morgan fingerprint density at radius 3 is 2.96 bits per heavy atom. The molecule has 0 spiro atoms. The van der Waals surface area contributed by atoms with Crippen LogP contribution in [0.4, 0.5) is 0 Å². The maximum absolute atomic E-state index is 11.5. The Hall–Kier alpha value is -1.81. The van der Waals surface area contributed by atoms with E-state index in [9.17, 15) is 4.79 Å². The van der Waals surface area contributed by atoms with Crippen molar-refractivity contribution in [3.63, 3.8) is 0 Å². The molecule has 3 atom stereocenters. The summed E-state index contributed by atoms with van der Waals surface area (Å²) in [7, 11) is 0. The van der Waals surface area contributed by atoms with E-state index in [2.05, 4.69) is 40.7 Å². The van der Waals surface area contributed by atoms with Gasteiger partial charge in [0.15, 0.2) is 0 Å². The molecule has 138 valence electrons. The highest BCUT2D eigenvalue weighted by Gasteiger charge is 2.53. The fourth-order valence-electron chi connectivity index (χ4n) is 6.19. The average Bonchev–Trinajstić information content (AvgIpc) is 3.00. The highest BCUT2D eigenvalue weighted by Crippen LogP contribution is 2.59. The van der Waals surface area contributed by atoms with E-state index in [-0.39, 0.29) is 12.0 Å². The second kappa shape index (κ2) is 5.85. The summed E-state index contributed by atoms with van der Waals surface area (Å²) < 4.78 is 8.08. The topological polar surface area (TPSA) is 34.5 Å². The number of esters is 1. The largest absolute Gasteiger partial charge is 0.464 e. The number of benzene rings is 1. The fraction of sp³-hybridized carbons (Fsp3) is 0.591. The van der Waals surface area contributed by atoms with E-state index >= 15 is 0 Å². The summed E-state index contributed by atoms with van der Waals surface area (Å²) in [5.41, 5.74) is 4.73. The van der Waals surface area contributed by atoms with Gasteiger partial charge in [-0.1, -0.05) is 25.1 Å². The van der Waals surface area contributed by atoms with Gasteiger partial charge in [0, 0.05) is 30.1 Å². The van der Waals surface area contributed by atoms with Crippen LogP contribution >= 0.6 is 0 Å². The molecule has 1 saturated heterocycles. The van der Waals surface area contributed by atoms with Gasteiger partial charge in [0.25, 0.3) is 0 Å². The zero-order chi connectivity index (χ0) is 17.9. The van der Waals surface area contributed by atoms with Crippen LogP contribution in [0.15, 0.2) is 24.3 Å². The average molecular weight is 352 g/mol. The molecular formula is C22H28N2O2. The van der Waals surface area contributed by atoms with E-state index in [0.29, 0.717) is 18.1 Å². The summed E-state index contributed by atoms with van der Waals surface area (Å²) in [6.07, 6.45) is 6.04. The van der Waals surface area contributed by atoms with Crippen LogP contribution in [0, 0.1) is 5.41 Å². The highest BCUT2D eigenvalue weighted by atomic mass is 16.5. The van der Waals surface area contributed by atoms with Crippen LogP contribution in [0.2, 0.25) is 0 Å². The van der Waals surface area contributed by atoms with Gasteiger partial charge < -0.3 is 9.30 Å². The number of rotatable bonds is 3. The van der Waals surface area contributed by atoms with Crippen LogP contribution in [-0.4, -0.2) is 35.1 Å². The molecule has 3 aliphatic heterocycles. The van der Waals surface area contributed by atoms with E-state index < -0.39 is 0 Å². The standard InChI is InChI=1S/C22H28N2O2/c1-3-22-10-6-11-23-12-9-18-17-7-4-5-8-19(17)24(20(18)21(22)23)16(13-22)14-26-15(2)25/h4-5,7-8,16,21H,3,6,9-14H2,1-2H3/t16-,21-,22-/m1/s1. The molecule has 0 bridgehead atoms. The zero-order valence-corrected chi connectivity index (χ0v) is 15.8. The van der Waals surface area contributed by atoms with Crippen LogP contribution < -0.4 is 0 Å². The summed E-state index contributed by atoms with van der Waals surface area (Å²) in [4.78, 5) is 14.3. The maximum Gasteiger partial charge on any atom is 0.302 e. The third kappa shape index (κ3) is 2.14. The number of nitrogens with zero attached hydrogens (tertiary/aromatic N) is 2. The molecular weight excluding hydrogens is 324 g/mol. The molecule has 0 saturated carbocycles. The number of fused-ring (bicyclic) bond motifs is 3. The van der Waals surface area contributed by atoms with Crippen molar-refractivity contribution in [2.45, 2.75) is 58.0 Å². The van der Waals surface area contributed by atoms with E-state index in [4.69, 9.17) is 4.74 Å². The van der Waals surface area contributed by atoms with Crippen molar-refractivity contribution in [2.75, 3.05) is 19.7 Å². The van der Waals surface area contributed by atoms with Gasteiger partial charge in [-0.25, -0.2) is 0 Å². The van der Waals surface area contributed by atoms with Gasteiger partial charge in [-0.15, -0.1) is 0 Å². The number of ether oxygens (including phenoxy) is 1. The molecule has 4 nitrogen and oxygen atoms in total. The molecule has 26 heavy (non-hydrogen) atoms. The Morgan fingerprint density at radius 1 is 1.31 bits per heavy atom. The molecule has 1 aromatic heterocycles. The van der Waals surface area contributed by atoms with E-state index in [1.54, 1.807) is 5.56 Å². The lowest BCUT2D eigenvalue weighted by Crippen LogP contribution is -2.53. The monoisotopic (exact) mass is 352 g/mol. The van der Waals surface area contributed by atoms with E-state index in [1.165, 1.54) is 55.9 Å². The summed E-state index contributed by atoms with van der Waals surface area (Å²) in [5, 5.41) is 1.41. The molecule has 0 aliphatic carbocycles. The predicted octanol–water partition coefficient (Wildman–Crippen LogP) is 4.24. The highest BCUT2D eigenvalue weighted by molar-refractivity contribution is 5.86. The molecule has 1 aromatic carbocycles. The predicted molar refractivity (Wildman–Crippen MR) is 102 cm³/mol. The molecule has 0 amide bonds. The first-order valence-electron chi connectivity index (χ1n) is 10.1. The summed E-state index contributed by atoms with van der Waals surface area (Å²) in [6.45, 7) is 6.78. The number of carbonyl (C=O) groups is 1. The normalized spacial score (nSPS) is 30.2. The third-order valence-corrected chi connectivity index (χ3v) is 7.22. The minimum Gasteiger partial charge on any atom is -0.464 e. The Bertz CT molecular complexity index is 870. The SMILES string of the molecule is CC[C@@]12CCCN3CCc4c(n(c5ccccc45)[C@@H](COC(C)=O)C1)[C@@H]32. The van der Waals surface area contributed by atoms with Crippen molar-refractivity contribution in [3.8, 4) is 0 Å². The first kappa shape index (κ1) is 16.4. The minimum absolute atomic E-state index is 0.173. The van der Waals surface area contributed by atoms with Gasteiger partial charge in [0.1, 0.15) is 6.61 Å². The van der Waals surface area contributed by atoms with E-state index in [1.807, 2.05) is 0 Å². The quantitative estimate of drug-likeness (QED) is 0.775. The molecule has 4 heterocycles. The van der Waals surface area contributed by atoms with Gasteiger partial charge in [-0.2, -0.15) is 0 Å². The first-order valence-corrected chi connectivity index (χ1v) is 10.1. The molecule has 1 fully saturated rings. The number of hydrogen-bond donors (Lipinski definition) is 0. The number of hydrogen-bond acceptors (Lipinski definition) is 3. The maximum atomic E-state index is 11.5. The Balaban J connectivity index is 1.74. The van der Waals surface area contributed by atoms with Crippen LogP contribution in [0.3, 0.4) is 0 Å². The Morgan fingerprint density at radius 2 is 2.15 bits per heavy atom. The lowest BCUT2D eigenvalue weighted by molar-refractivity contribution is -0.143. The Kier molecular flexibility index (Phi) is 3.68. The molecule has 3 aliphatic rings. The van der Waals surface area contributed by atoms with Crippen molar-refractivity contribution in [3.05, 3.63) is 35.5 Å². The number of aromatic nitrogens is 1. The van der Waals surface area contributed by atoms with Gasteiger partial charge >= 0.3 is 5.97 Å². The van der Waals surface area contributed by atoms with Gasteiger partial charge in [-0.05, 0) is 55.7 Å². The van der Waals surface area contributed by atoms with Gasteiger partial charge in [0.2, 0.25) is 0 Å². The molecule has 5 rings (SSSR count). The first-order chi connectivity index (χ1) is 12.6. The number of piperidine rings is 1. The summed E-state index contributed by atoms with van der Waals surface area (Å²) >= 11 is 0. The summed E-state index contributed by atoms with van der Waals surface area (Å²) in [6, 6.07) is 9.62. The minimum atomic E-state index is -0.173. The second-order valence-electron chi connectivity index (χ2n) is 8.42. The number of carbonyl (C=O) groups excluding carboxylic acids is 1. The number of para-hydroxylation sites is 1. The van der Waals surface area contributed by atoms with Crippen molar-refractivity contribution in [2.24, 2.45) is 5.41 Å². The zero-order valence-electron chi connectivity index (χ0n) is 15.8. The van der Waals surface area contributed by atoms with Crippen LogP contribution in [0.5, 0.6) is 0 Å².